The van der Waals surface area contributed by atoms with Crippen molar-refractivity contribution < 1.29 is 14.4 Å². The minimum atomic E-state index is -0.917. The number of hydrogen-bond acceptors (Lipinski definition) is 4. The largest absolute Gasteiger partial charge is 0.370 e. The molecule has 1 amide bonds. The van der Waals surface area contributed by atoms with Crippen molar-refractivity contribution in [1.29, 1.82) is 0 Å². The summed E-state index contributed by atoms with van der Waals surface area (Å²) in [7, 11) is 0. The molecule has 2 atom stereocenters. The maximum Gasteiger partial charge on any atom is 0.217 e. The Balaban J connectivity index is 2.33. The summed E-state index contributed by atoms with van der Waals surface area (Å²) in [5, 5.41) is 4.38. The van der Waals surface area contributed by atoms with E-state index in [4.69, 9.17) is 5.73 Å². The Bertz CT molecular complexity index is 939. The first-order chi connectivity index (χ1) is 14.3. The Labute approximate surface area is 185 Å². The standard InChI is InChI=1S/C25H37N3O3/c1-16(2)28-25(6,12-11-22(26)30)21(29)14-17(23(31)24(3,4)5)13-18-15-27-20-10-8-7-9-19(18)20/h7-10,15-17,27-28H,11-14H2,1-6H3,(H2,26,30)/t17-,25+/m1/s1. The average molecular weight is 428 g/mol. The molecular formula is C25H37N3O3. The first kappa shape index (κ1) is 24.8. The van der Waals surface area contributed by atoms with E-state index in [2.05, 4.69) is 10.3 Å². The molecule has 0 saturated carbocycles. The van der Waals surface area contributed by atoms with Gasteiger partial charge in [0.1, 0.15) is 5.78 Å². The molecular weight excluding hydrogens is 390 g/mol. The molecule has 0 unspecified atom stereocenters. The molecule has 0 bridgehead atoms. The molecule has 1 aromatic heterocycles. The zero-order valence-corrected chi connectivity index (χ0v) is 19.7. The summed E-state index contributed by atoms with van der Waals surface area (Å²) in [5.41, 5.74) is 5.91. The van der Waals surface area contributed by atoms with E-state index in [-0.39, 0.29) is 30.4 Å². The number of H-pyrrole nitrogens is 1. The van der Waals surface area contributed by atoms with Crippen molar-refractivity contribution >= 4 is 28.4 Å². The van der Waals surface area contributed by atoms with Crippen LogP contribution in [-0.2, 0) is 20.8 Å². The lowest BCUT2D eigenvalue weighted by Gasteiger charge is -2.33. The summed E-state index contributed by atoms with van der Waals surface area (Å²) in [5.74, 6) is -0.892. The van der Waals surface area contributed by atoms with Gasteiger partial charge in [-0.2, -0.15) is 0 Å². The summed E-state index contributed by atoms with van der Waals surface area (Å²) < 4.78 is 0. The lowest BCUT2D eigenvalue weighted by molar-refractivity contribution is -0.135. The third kappa shape index (κ3) is 6.50. The highest BCUT2D eigenvalue weighted by Gasteiger charge is 2.38. The third-order valence-electron chi connectivity index (χ3n) is 5.78. The number of aromatic nitrogens is 1. The van der Waals surface area contributed by atoms with Crippen molar-refractivity contribution in [2.75, 3.05) is 0 Å². The predicted octanol–water partition coefficient (Wildman–Crippen LogP) is 3.92. The number of amides is 1. The van der Waals surface area contributed by atoms with Crippen LogP contribution in [0.2, 0.25) is 0 Å². The van der Waals surface area contributed by atoms with Gasteiger partial charge < -0.3 is 16.0 Å². The number of carbonyl (C=O) groups is 3. The second-order valence-electron chi connectivity index (χ2n) is 10.1. The quantitative estimate of drug-likeness (QED) is 0.505. The summed E-state index contributed by atoms with van der Waals surface area (Å²) in [6, 6.07) is 8.01. The number of hydrogen-bond donors (Lipinski definition) is 3. The SMILES string of the molecule is CC(C)N[C@@](C)(CCC(N)=O)C(=O)C[C@@H](Cc1c[nH]c2ccccc12)C(=O)C(C)(C)C. The molecule has 1 aromatic carbocycles. The molecule has 0 radical (unpaired) electrons. The topological polar surface area (TPSA) is 105 Å². The fourth-order valence-corrected chi connectivity index (χ4v) is 4.19. The Morgan fingerprint density at radius 1 is 1.10 bits per heavy atom. The van der Waals surface area contributed by atoms with Crippen LogP contribution in [0.25, 0.3) is 10.9 Å². The van der Waals surface area contributed by atoms with E-state index in [0.717, 1.165) is 16.5 Å². The zero-order chi connectivity index (χ0) is 23.4. The number of rotatable bonds is 11. The number of nitrogens with two attached hydrogens (primary N) is 1. The molecule has 1 heterocycles. The number of para-hydroxylation sites is 1. The van der Waals surface area contributed by atoms with Crippen molar-refractivity contribution in [2.24, 2.45) is 17.1 Å². The molecule has 2 aromatic rings. The number of fused-ring (bicyclic) bond motifs is 1. The fraction of sp³-hybridized carbons (Fsp3) is 0.560. The molecule has 6 heteroatoms. The second-order valence-corrected chi connectivity index (χ2v) is 10.1. The molecule has 170 valence electrons. The summed E-state index contributed by atoms with van der Waals surface area (Å²) in [4.78, 5) is 41.4. The lowest BCUT2D eigenvalue weighted by atomic mass is 9.75. The van der Waals surface area contributed by atoms with Gasteiger partial charge in [0.15, 0.2) is 5.78 Å². The predicted molar refractivity (Wildman–Crippen MR) is 125 cm³/mol. The first-order valence-corrected chi connectivity index (χ1v) is 11.0. The summed E-state index contributed by atoms with van der Waals surface area (Å²) in [6.45, 7) is 11.4. The lowest BCUT2D eigenvalue weighted by Crippen LogP contribution is -2.53. The number of benzene rings is 1. The van der Waals surface area contributed by atoms with E-state index in [9.17, 15) is 14.4 Å². The second kappa shape index (κ2) is 9.77. The maximum absolute atomic E-state index is 13.5. The zero-order valence-electron chi connectivity index (χ0n) is 19.7. The normalized spacial score (nSPS) is 15.1. The van der Waals surface area contributed by atoms with Crippen LogP contribution in [0.1, 0.15) is 66.4 Å². The Morgan fingerprint density at radius 2 is 1.74 bits per heavy atom. The molecule has 2 rings (SSSR count). The average Bonchev–Trinajstić information content (AvgIpc) is 3.07. The smallest absolute Gasteiger partial charge is 0.217 e. The van der Waals surface area contributed by atoms with Gasteiger partial charge in [-0.1, -0.05) is 39.0 Å². The Kier molecular flexibility index (Phi) is 7.82. The minimum absolute atomic E-state index is 0.0483. The Morgan fingerprint density at radius 3 is 2.32 bits per heavy atom. The molecule has 0 aliphatic heterocycles. The van der Waals surface area contributed by atoms with Crippen LogP contribution >= 0.6 is 0 Å². The highest BCUT2D eigenvalue weighted by molar-refractivity contribution is 5.95. The van der Waals surface area contributed by atoms with Gasteiger partial charge in [-0.25, -0.2) is 0 Å². The summed E-state index contributed by atoms with van der Waals surface area (Å²) in [6.07, 6.45) is 2.95. The van der Waals surface area contributed by atoms with Crippen molar-refractivity contribution in [3.8, 4) is 0 Å². The van der Waals surface area contributed by atoms with Gasteiger partial charge in [-0.15, -0.1) is 0 Å². The fourth-order valence-electron chi connectivity index (χ4n) is 4.19. The van der Waals surface area contributed by atoms with Crippen molar-refractivity contribution in [3.63, 3.8) is 0 Å². The van der Waals surface area contributed by atoms with Gasteiger partial charge in [0.25, 0.3) is 0 Å². The van der Waals surface area contributed by atoms with Crippen LogP contribution in [0, 0.1) is 11.3 Å². The highest BCUT2D eigenvalue weighted by atomic mass is 16.1. The molecule has 0 aliphatic carbocycles. The van der Waals surface area contributed by atoms with Crippen LogP contribution in [-0.4, -0.2) is 34.0 Å². The number of carbonyl (C=O) groups excluding carboxylic acids is 3. The van der Waals surface area contributed by atoms with Gasteiger partial charge in [-0.3, -0.25) is 14.4 Å². The van der Waals surface area contributed by atoms with E-state index in [1.807, 2.05) is 72.0 Å². The molecule has 6 nitrogen and oxygen atoms in total. The molecule has 0 aliphatic rings. The van der Waals surface area contributed by atoms with Crippen molar-refractivity contribution in [2.45, 2.75) is 78.8 Å². The Hall–Kier alpha value is -2.47. The van der Waals surface area contributed by atoms with E-state index in [0.29, 0.717) is 12.8 Å². The number of Topliss-reactive ketones (excluding diaryl/α,β-unsaturated/α-hetero) is 2. The van der Waals surface area contributed by atoms with Crippen LogP contribution in [0.5, 0.6) is 0 Å². The van der Waals surface area contributed by atoms with E-state index >= 15 is 0 Å². The third-order valence-corrected chi connectivity index (χ3v) is 5.78. The molecule has 0 spiro atoms. The van der Waals surface area contributed by atoms with Gasteiger partial charge >= 0.3 is 0 Å². The number of primary amides is 1. The summed E-state index contributed by atoms with van der Waals surface area (Å²) >= 11 is 0. The van der Waals surface area contributed by atoms with Crippen LogP contribution in [0.15, 0.2) is 30.5 Å². The van der Waals surface area contributed by atoms with E-state index in [1.165, 1.54) is 0 Å². The number of ketones is 2. The van der Waals surface area contributed by atoms with Crippen LogP contribution in [0.3, 0.4) is 0 Å². The highest BCUT2D eigenvalue weighted by Crippen LogP contribution is 2.30. The van der Waals surface area contributed by atoms with Gasteiger partial charge in [0.05, 0.1) is 5.54 Å². The van der Waals surface area contributed by atoms with Gasteiger partial charge in [0, 0.05) is 47.3 Å². The minimum Gasteiger partial charge on any atom is -0.370 e. The van der Waals surface area contributed by atoms with E-state index < -0.39 is 22.8 Å². The van der Waals surface area contributed by atoms with E-state index in [1.54, 1.807) is 0 Å². The molecule has 0 saturated heterocycles. The monoisotopic (exact) mass is 427 g/mol. The number of nitrogens with one attached hydrogen (secondary N) is 2. The van der Waals surface area contributed by atoms with Gasteiger partial charge in [-0.05, 0) is 45.2 Å². The molecule has 4 N–H and O–H groups in total. The van der Waals surface area contributed by atoms with Crippen LogP contribution in [0.4, 0.5) is 0 Å². The molecule has 0 fully saturated rings. The maximum atomic E-state index is 13.5. The number of aromatic amines is 1. The van der Waals surface area contributed by atoms with Crippen molar-refractivity contribution in [3.05, 3.63) is 36.0 Å². The first-order valence-electron chi connectivity index (χ1n) is 11.0. The van der Waals surface area contributed by atoms with Gasteiger partial charge in [0.2, 0.25) is 5.91 Å². The molecule has 31 heavy (non-hydrogen) atoms. The van der Waals surface area contributed by atoms with Crippen molar-refractivity contribution in [1.82, 2.24) is 10.3 Å². The van der Waals surface area contributed by atoms with Crippen LogP contribution < -0.4 is 11.1 Å².